The van der Waals surface area contributed by atoms with Gasteiger partial charge in [-0.25, -0.2) is 0 Å². The maximum atomic E-state index is 12.3. The normalized spacial score (nSPS) is 39.3. The molecular weight excluding hydrogens is 270 g/mol. The first-order valence-corrected chi connectivity index (χ1v) is 7.27. The molecule has 16 heavy (non-hydrogen) atoms. The van der Waals surface area contributed by atoms with Gasteiger partial charge in [-0.2, -0.15) is 0 Å². The van der Waals surface area contributed by atoms with Crippen LogP contribution in [0.3, 0.4) is 0 Å². The number of hydrogen-bond acceptors (Lipinski definition) is 2. The monoisotopic (exact) mass is 289 g/mol. The summed E-state index contributed by atoms with van der Waals surface area (Å²) in [5.41, 5.74) is 0. The molecule has 4 atom stereocenters. The van der Waals surface area contributed by atoms with E-state index in [1.54, 1.807) is 0 Å². The highest BCUT2D eigenvalue weighted by molar-refractivity contribution is 9.09. The maximum Gasteiger partial charge on any atom is 0.252 e. The second-order valence-electron chi connectivity index (χ2n) is 5.03. The number of carbonyl (C=O) groups excluding carboxylic acids is 1. The third-order valence-corrected chi connectivity index (χ3v) is 4.49. The van der Waals surface area contributed by atoms with Gasteiger partial charge in [0.05, 0.1) is 6.10 Å². The minimum atomic E-state index is -0.179. The first kappa shape index (κ1) is 12.4. The minimum Gasteiger partial charge on any atom is -0.365 e. The molecule has 0 N–H and O–H groups in total. The number of carbonyl (C=O) groups is 1. The zero-order valence-electron chi connectivity index (χ0n) is 9.99. The van der Waals surface area contributed by atoms with Gasteiger partial charge in [-0.15, -0.1) is 0 Å². The molecule has 2 aliphatic rings. The van der Waals surface area contributed by atoms with Crippen LogP contribution in [-0.2, 0) is 9.53 Å². The quantitative estimate of drug-likeness (QED) is 0.730. The molecule has 0 aliphatic carbocycles. The highest BCUT2D eigenvalue weighted by Crippen LogP contribution is 2.29. The second kappa shape index (κ2) is 5.05. The van der Waals surface area contributed by atoms with Gasteiger partial charge in [0.2, 0.25) is 0 Å². The Kier molecular flexibility index (Phi) is 3.90. The molecule has 92 valence electrons. The number of halogens is 1. The number of rotatable bonds is 2. The standard InChI is InChI=1S/C12H20BrNO2/c1-8-5-6-14(10(8)7-13)12(15)11-4-3-9(2)16-11/h8-11H,3-7H2,1-2H3. The maximum absolute atomic E-state index is 12.3. The average molecular weight is 290 g/mol. The van der Waals surface area contributed by atoms with Gasteiger partial charge in [0.25, 0.3) is 5.91 Å². The van der Waals surface area contributed by atoms with Crippen molar-refractivity contribution in [3.05, 3.63) is 0 Å². The molecule has 4 unspecified atom stereocenters. The van der Waals surface area contributed by atoms with Crippen LogP contribution in [0, 0.1) is 5.92 Å². The number of hydrogen-bond donors (Lipinski definition) is 0. The van der Waals surface area contributed by atoms with E-state index in [4.69, 9.17) is 4.74 Å². The summed E-state index contributed by atoms with van der Waals surface area (Å²) in [5, 5.41) is 0.877. The lowest BCUT2D eigenvalue weighted by atomic mass is 10.0. The van der Waals surface area contributed by atoms with Crippen LogP contribution in [-0.4, -0.2) is 40.9 Å². The van der Waals surface area contributed by atoms with E-state index in [9.17, 15) is 4.79 Å². The van der Waals surface area contributed by atoms with Crippen molar-refractivity contribution in [2.45, 2.75) is 51.4 Å². The van der Waals surface area contributed by atoms with Crippen molar-refractivity contribution in [1.29, 1.82) is 0 Å². The van der Waals surface area contributed by atoms with Gasteiger partial charge in [-0.05, 0) is 32.1 Å². The molecule has 0 radical (unpaired) electrons. The molecule has 2 fully saturated rings. The summed E-state index contributed by atoms with van der Waals surface area (Å²) in [6.45, 7) is 5.16. The predicted molar refractivity (Wildman–Crippen MR) is 66.6 cm³/mol. The molecule has 4 heteroatoms. The minimum absolute atomic E-state index is 0.179. The third-order valence-electron chi connectivity index (χ3n) is 3.83. The molecule has 0 bridgehead atoms. The van der Waals surface area contributed by atoms with E-state index in [1.807, 2.05) is 11.8 Å². The van der Waals surface area contributed by atoms with E-state index in [0.29, 0.717) is 12.0 Å². The summed E-state index contributed by atoms with van der Waals surface area (Å²) in [4.78, 5) is 14.3. The van der Waals surface area contributed by atoms with Crippen molar-refractivity contribution < 1.29 is 9.53 Å². The van der Waals surface area contributed by atoms with Gasteiger partial charge in [0, 0.05) is 17.9 Å². The van der Waals surface area contributed by atoms with Crippen molar-refractivity contribution in [3.8, 4) is 0 Å². The zero-order valence-corrected chi connectivity index (χ0v) is 11.6. The van der Waals surface area contributed by atoms with Crippen LogP contribution in [0.4, 0.5) is 0 Å². The van der Waals surface area contributed by atoms with Crippen LogP contribution in [0.15, 0.2) is 0 Å². The Morgan fingerprint density at radius 2 is 2.12 bits per heavy atom. The Hall–Kier alpha value is -0.0900. The zero-order chi connectivity index (χ0) is 11.7. The lowest BCUT2D eigenvalue weighted by Gasteiger charge is -2.27. The molecular formula is C12H20BrNO2. The van der Waals surface area contributed by atoms with E-state index >= 15 is 0 Å². The van der Waals surface area contributed by atoms with E-state index in [-0.39, 0.29) is 18.1 Å². The van der Waals surface area contributed by atoms with Gasteiger partial charge in [-0.3, -0.25) is 4.79 Å². The highest BCUT2D eigenvalue weighted by atomic mass is 79.9. The smallest absolute Gasteiger partial charge is 0.252 e. The molecule has 0 aromatic rings. The number of amides is 1. The largest absolute Gasteiger partial charge is 0.365 e. The number of likely N-dealkylation sites (tertiary alicyclic amines) is 1. The predicted octanol–water partition coefficient (Wildman–Crippen LogP) is 2.19. The Morgan fingerprint density at radius 3 is 2.69 bits per heavy atom. The van der Waals surface area contributed by atoms with Gasteiger partial charge in [0.15, 0.2) is 0 Å². The van der Waals surface area contributed by atoms with Crippen LogP contribution in [0.5, 0.6) is 0 Å². The molecule has 0 spiro atoms. The van der Waals surface area contributed by atoms with E-state index in [2.05, 4.69) is 22.9 Å². The molecule has 2 heterocycles. The fraction of sp³-hybridized carbons (Fsp3) is 0.917. The van der Waals surface area contributed by atoms with Gasteiger partial charge in [-0.1, -0.05) is 22.9 Å². The van der Waals surface area contributed by atoms with Crippen molar-refractivity contribution in [1.82, 2.24) is 4.90 Å². The Morgan fingerprint density at radius 1 is 1.38 bits per heavy atom. The molecule has 2 aliphatic heterocycles. The summed E-state index contributed by atoms with van der Waals surface area (Å²) in [7, 11) is 0. The Balaban J connectivity index is 1.99. The lowest BCUT2D eigenvalue weighted by Crippen LogP contribution is -2.44. The number of nitrogens with zero attached hydrogens (tertiary/aromatic N) is 1. The molecule has 3 nitrogen and oxygen atoms in total. The molecule has 0 aromatic heterocycles. The van der Waals surface area contributed by atoms with Crippen molar-refractivity contribution >= 4 is 21.8 Å². The second-order valence-corrected chi connectivity index (χ2v) is 5.68. The average Bonchev–Trinajstić information content (AvgIpc) is 2.83. The summed E-state index contributed by atoms with van der Waals surface area (Å²) in [6, 6.07) is 0.354. The van der Waals surface area contributed by atoms with Crippen LogP contribution >= 0.6 is 15.9 Å². The van der Waals surface area contributed by atoms with Gasteiger partial charge < -0.3 is 9.64 Å². The Labute approximate surface area is 106 Å². The van der Waals surface area contributed by atoms with Gasteiger partial charge >= 0.3 is 0 Å². The van der Waals surface area contributed by atoms with E-state index in [0.717, 1.165) is 31.1 Å². The van der Waals surface area contributed by atoms with Crippen LogP contribution in [0.1, 0.15) is 33.1 Å². The van der Waals surface area contributed by atoms with E-state index < -0.39 is 0 Å². The van der Waals surface area contributed by atoms with Crippen LogP contribution < -0.4 is 0 Å². The van der Waals surface area contributed by atoms with Crippen molar-refractivity contribution in [2.24, 2.45) is 5.92 Å². The highest BCUT2D eigenvalue weighted by Gasteiger charge is 2.39. The molecule has 0 saturated carbocycles. The first-order chi connectivity index (χ1) is 7.63. The van der Waals surface area contributed by atoms with Crippen molar-refractivity contribution in [2.75, 3.05) is 11.9 Å². The molecule has 1 amide bonds. The van der Waals surface area contributed by atoms with Crippen LogP contribution in [0.2, 0.25) is 0 Å². The molecule has 0 aromatic carbocycles. The molecule has 2 rings (SSSR count). The molecule has 2 saturated heterocycles. The topological polar surface area (TPSA) is 29.5 Å². The van der Waals surface area contributed by atoms with Crippen molar-refractivity contribution in [3.63, 3.8) is 0 Å². The lowest BCUT2D eigenvalue weighted by molar-refractivity contribution is -0.143. The third kappa shape index (κ3) is 2.28. The Bertz CT molecular complexity index is 272. The van der Waals surface area contributed by atoms with Crippen LogP contribution in [0.25, 0.3) is 0 Å². The number of alkyl halides is 1. The number of ether oxygens (including phenoxy) is 1. The first-order valence-electron chi connectivity index (χ1n) is 6.15. The summed E-state index contributed by atoms with van der Waals surface area (Å²) < 4.78 is 5.66. The summed E-state index contributed by atoms with van der Waals surface area (Å²) in [6.07, 6.45) is 3.08. The fourth-order valence-corrected chi connectivity index (χ4v) is 3.67. The fourth-order valence-electron chi connectivity index (χ4n) is 2.69. The SMILES string of the molecule is CC1CCC(C(=O)N2CCC(C)C2CBr)O1. The van der Waals surface area contributed by atoms with E-state index in [1.165, 1.54) is 0 Å². The van der Waals surface area contributed by atoms with Gasteiger partial charge in [0.1, 0.15) is 6.10 Å². The summed E-state index contributed by atoms with van der Waals surface area (Å²) in [5.74, 6) is 0.806. The summed E-state index contributed by atoms with van der Waals surface area (Å²) >= 11 is 3.51.